The number of rotatable bonds is 3. The maximum Gasteiger partial charge on any atom is 0.410 e. The lowest BCUT2D eigenvalue weighted by Gasteiger charge is -2.21. The molecule has 0 aliphatic carbocycles. The van der Waals surface area contributed by atoms with Crippen LogP contribution in [0.25, 0.3) is 0 Å². The lowest BCUT2D eigenvalue weighted by Crippen LogP contribution is -2.39. The Kier molecular flexibility index (Phi) is 3.33. The van der Waals surface area contributed by atoms with Crippen molar-refractivity contribution in [2.75, 3.05) is 26.7 Å². The topological polar surface area (TPSA) is 80.8 Å². The molecule has 0 radical (unpaired) electrons. The largest absolute Gasteiger partial charge is 0.454 e. The Morgan fingerprint density at radius 2 is 2.25 bits per heavy atom. The molecule has 2 saturated heterocycles. The van der Waals surface area contributed by atoms with Gasteiger partial charge in [0.2, 0.25) is 0 Å². The molecule has 0 bridgehead atoms. The molecule has 2 fully saturated rings. The van der Waals surface area contributed by atoms with Gasteiger partial charge in [-0.05, 0) is 12.1 Å². The van der Waals surface area contributed by atoms with E-state index in [2.05, 4.69) is 4.98 Å². The molecule has 0 saturated carbocycles. The van der Waals surface area contributed by atoms with Gasteiger partial charge < -0.3 is 23.5 Å². The molecule has 0 N–H and O–H groups in total. The van der Waals surface area contributed by atoms with E-state index in [0.29, 0.717) is 44.1 Å². The Balaban J connectivity index is 1.43. The predicted octanol–water partition coefficient (Wildman–Crippen LogP) is 1.19. The molecule has 1 spiro atoms. The summed E-state index contributed by atoms with van der Waals surface area (Å²) < 4.78 is 13.0. The Morgan fingerprint density at radius 1 is 1.38 bits per heavy atom. The first-order chi connectivity index (χ1) is 11.5. The van der Waals surface area contributed by atoms with Crippen molar-refractivity contribution in [1.29, 1.82) is 0 Å². The van der Waals surface area contributed by atoms with Crippen LogP contribution in [-0.4, -0.2) is 63.6 Å². The molecule has 2 aromatic heterocycles. The molecule has 0 aromatic carbocycles. The summed E-state index contributed by atoms with van der Waals surface area (Å²) in [4.78, 5) is 31.4. The molecule has 8 nitrogen and oxygen atoms in total. The van der Waals surface area contributed by atoms with Crippen LogP contribution in [0.3, 0.4) is 0 Å². The summed E-state index contributed by atoms with van der Waals surface area (Å²) in [6.07, 6.45) is 5.54. The average Bonchev–Trinajstić information content (AvgIpc) is 3.31. The Labute approximate surface area is 138 Å². The normalized spacial score (nSPS) is 23.3. The zero-order chi connectivity index (χ0) is 16.7. The van der Waals surface area contributed by atoms with Gasteiger partial charge in [-0.1, -0.05) is 0 Å². The predicted molar refractivity (Wildman–Crippen MR) is 82.4 cm³/mol. The third-order valence-electron chi connectivity index (χ3n) is 4.51. The monoisotopic (exact) mass is 330 g/mol. The van der Waals surface area contributed by atoms with Gasteiger partial charge in [0, 0.05) is 32.4 Å². The van der Waals surface area contributed by atoms with Gasteiger partial charge in [0.1, 0.15) is 5.76 Å². The first-order valence-corrected chi connectivity index (χ1v) is 7.83. The van der Waals surface area contributed by atoms with Gasteiger partial charge in [0.05, 0.1) is 26.0 Å². The Morgan fingerprint density at radius 3 is 2.96 bits per heavy atom. The zero-order valence-electron chi connectivity index (χ0n) is 13.3. The van der Waals surface area contributed by atoms with Crippen LogP contribution in [0.4, 0.5) is 4.79 Å². The smallest absolute Gasteiger partial charge is 0.410 e. The van der Waals surface area contributed by atoms with E-state index in [1.807, 2.05) is 10.8 Å². The minimum Gasteiger partial charge on any atom is -0.454 e. The van der Waals surface area contributed by atoms with Gasteiger partial charge >= 0.3 is 6.09 Å². The number of carbonyl (C=O) groups is 2. The lowest BCUT2D eigenvalue weighted by molar-refractivity contribution is 0.0538. The first kappa shape index (κ1) is 14.8. The standard InChI is InChI=1S/C16H18N4O4/c1-18-9-16(24-15(18)22)4-6-20(10-16)14(21)13-3-2-12(23-13)8-19-7-5-17-11-19/h2-3,5,7,11H,4,6,8-10H2,1H3/t16-/m0/s1. The first-order valence-electron chi connectivity index (χ1n) is 7.83. The highest BCUT2D eigenvalue weighted by Gasteiger charge is 2.49. The number of amides is 2. The molecule has 4 rings (SSSR count). The van der Waals surface area contributed by atoms with E-state index >= 15 is 0 Å². The van der Waals surface area contributed by atoms with Crippen LogP contribution < -0.4 is 0 Å². The van der Waals surface area contributed by atoms with E-state index in [1.165, 1.54) is 0 Å². The number of furan rings is 1. The van der Waals surface area contributed by atoms with Crippen LogP contribution in [0.1, 0.15) is 22.7 Å². The number of likely N-dealkylation sites (N-methyl/N-ethyl adjacent to an activating group) is 1. The molecule has 126 valence electrons. The summed E-state index contributed by atoms with van der Waals surface area (Å²) in [6, 6.07) is 3.48. The van der Waals surface area contributed by atoms with Crippen LogP contribution in [0.15, 0.2) is 35.3 Å². The van der Waals surface area contributed by atoms with Crippen LogP contribution in [0.5, 0.6) is 0 Å². The van der Waals surface area contributed by atoms with Crippen LogP contribution in [-0.2, 0) is 11.3 Å². The molecule has 2 amide bonds. The van der Waals surface area contributed by atoms with E-state index in [0.717, 1.165) is 0 Å². The summed E-state index contributed by atoms with van der Waals surface area (Å²) in [7, 11) is 1.70. The summed E-state index contributed by atoms with van der Waals surface area (Å²) in [6.45, 7) is 2.00. The third kappa shape index (κ3) is 2.53. The molecule has 1 atom stereocenters. The van der Waals surface area contributed by atoms with E-state index in [9.17, 15) is 9.59 Å². The number of hydrogen-bond donors (Lipinski definition) is 0. The van der Waals surface area contributed by atoms with Gasteiger partial charge in [0.25, 0.3) is 5.91 Å². The van der Waals surface area contributed by atoms with Crippen molar-refractivity contribution in [2.45, 2.75) is 18.6 Å². The van der Waals surface area contributed by atoms with Gasteiger partial charge in [-0.2, -0.15) is 0 Å². The third-order valence-corrected chi connectivity index (χ3v) is 4.51. The average molecular weight is 330 g/mol. The summed E-state index contributed by atoms with van der Waals surface area (Å²) >= 11 is 0. The van der Waals surface area contributed by atoms with Crippen molar-refractivity contribution in [1.82, 2.24) is 19.4 Å². The highest BCUT2D eigenvalue weighted by atomic mass is 16.6. The summed E-state index contributed by atoms with van der Waals surface area (Å²) in [5.41, 5.74) is -0.576. The zero-order valence-corrected chi connectivity index (χ0v) is 13.3. The SMILES string of the molecule is CN1C[C@]2(CCN(C(=O)c3ccc(Cn4ccnc4)o3)C2)OC1=O. The minimum absolute atomic E-state index is 0.172. The van der Waals surface area contributed by atoms with E-state index in [1.54, 1.807) is 41.5 Å². The molecule has 2 aliphatic rings. The number of hydrogen-bond acceptors (Lipinski definition) is 5. The van der Waals surface area contributed by atoms with E-state index < -0.39 is 5.60 Å². The molecule has 24 heavy (non-hydrogen) atoms. The maximum atomic E-state index is 12.6. The second-order valence-corrected chi connectivity index (χ2v) is 6.38. The van der Waals surface area contributed by atoms with Crippen molar-refractivity contribution < 1.29 is 18.7 Å². The van der Waals surface area contributed by atoms with Crippen LogP contribution in [0.2, 0.25) is 0 Å². The fraction of sp³-hybridized carbons (Fsp3) is 0.438. The molecular weight excluding hydrogens is 312 g/mol. The molecule has 2 aliphatic heterocycles. The summed E-state index contributed by atoms with van der Waals surface area (Å²) in [5.74, 6) is 0.825. The van der Waals surface area contributed by atoms with Crippen LogP contribution >= 0.6 is 0 Å². The second-order valence-electron chi connectivity index (χ2n) is 6.38. The lowest BCUT2D eigenvalue weighted by atomic mass is 10.0. The molecular formula is C16H18N4O4. The van der Waals surface area contributed by atoms with Gasteiger partial charge in [-0.3, -0.25) is 4.79 Å². The Bertz CT molecular complexity index is 769. The van der Waals surface area contributed by atoms with Crippen LogP contribution in [0, 0.1) is 0 Å². The molecule has 8 heteroatoms. The maximum absolute atomic E-state index is 12.6. The number of carbonyl (C=O) groups excluding carboxylic acids is 2. The summed E-state index contributed by atoms with van der Waals surface area (Å²) in [5, 5.41) is 0. The van der Waals surface area contributed by atoms with E-state index in [-0.39, 0.29) is 12.0 Å². The fourth-order valence-corrected chi connectivity index (χ4v) is 3.32. The number of nitrogens with zero attached hydrogens (tertiary/aromatic N) is 4. The highest BCUT2D eigenvalue weighted by Crippen LogP contribution is 2.32. The highest BCUT2D eigenvalue weighted by molar-refractivity contribution is 5.92. The van der Waals surface area contributed by atoms with Crippen molar-refractivity contribution in [2.24, 2.45) is 0 Å². The van der Waals surface area contributed by atoms with Crippen molar-refractivity contribution in [3.05, 3.63) is 42.4 Å². The second kappa shape index (κ2) is 5.40. The van der Waals surface area contributed by atoms with Crippen molar-refractivity contribution >= 4 is 12.0 Å². The molecule has 4 heterocycles. The minimum atomic E-state index is -0.576. The number of imidazole rings is 1. The number of aromatic nitrogens is 2. The fourth-order valence-electron chi connectivity index (χ4n) is 3.32. The van der Waals surface area contributed by atoms with Gasteiger partial charge in [-0.25, -0.2) is 9.78 Å². The van der Waals surface area contributed by atoms with Gasteiger partial charge in [0.15, 0.2) is 11.4 Å². The Hall–Kier alpha value is -2.77. The number of ether oxygens (including phenoxy) is 1. The quantitative estimate of drug-likeness (QED) is 0.844. The van der Waals surface area contributed by atoms with Gasteiger partial charge in [-0.15, -0.1) is 0 Å². The van der Waals surface area contributed by atoms with E-state index in [4.69, 9.17) is 9.15 Å². The number of likely N-dealkylation sites (tertiary alicyclic amines) is 1. The van der Waals surface area contributed by atoms with Crippen molar-refractivity contribution in [3.8, 4) is 0 Å². The van der Waals surface area contributed by atoms with Crippen molar-refractivity contribution in [3.63, 3.8) is 0 Å². The molecule has 2 aromatic rings. The molecule has 0 unspecified atom stereocenters.